The number of aromatic nitrogens is 4. The average molecular weight is 441 g/mol. The highest BCUT2D eigenvalue weighted by molar-refractivity contribution is 7.99. The van der Waals surface area contributed by atoms with Crippen LogP contribution in [0.15, 0.2) is 63.2 Å². The first kappa shape index (κ1) is 20.6. The lowest BCUT2D eigenvalue weighted by atomic mass is 10.1. The Morgan fingerprint density at radius 2 is 2.00 bits per heavy atom. The maximum Gasteiger partial charge on any atom is 0.276 e. The van der Waals surface area contributed by atoms with Crippen molar-refractivity contribution in [3.8, 4) is 0 Å². The van der Waals surface area contributed by atoms with Crippen LogP contribution in [0.2, 0.25) is 5.02 Å². The van der Waals surface area contributed by atoms with Gasteiger partial charge >= 0.3 is 0 Å². The molecule has 0 aliphatic carbocycles. The lowest BCUT2D eigenvalue weighted by molar-refractivity contribution is 0.420. The van der Waals surface area contributed by atoms with Crippen molar-refractivity contribution in [2.24, 2.45) is 0 Å². The minimum absolute atomic E-state index is 0.0115. The number of aryl methyl sites for hydroxylation is 2. The quantitative estimate of drug-likeness (QED) is 0.286. The zero-order valence-electron chi connectivity index (χ0n) is 16.5. The zero-order valence-corrected chi connectivity index (χ0v) is 18.1. The van der Waals surface area contributed by atoms with Gasteiger partial charge in [0.1, 0.15) is 0 Å². The van der Waals surface area contributed by atoms with Gasteiger partial charge in [-0.05, 0) is 43.5 Å². The van der Waals surface area contributed by atoms with Crippen molar-refractivity contribution in [3.63, 3.8) is 0 Å². The Hall–Kier alpha value is -2.64. The second-order valence-electron chi connectivity index (χ2n) is 7.05. The topological polar surface area (TPSA) is 73.8 Å². The molecule has 0 N–H and O–H groups in total. The van der Waals surface area contributed by atoms with Crippen LogP contribution in [-0.2, 0) is 13.0 Å². The lowest BCUT2D eigenvalue weighted by Gasteiger charge is -2.06. The lowest BCUT2D eigenvalue weighted by Crippen LogP contribution is -2.20. The Kier molecular flexibility index (Phi) is 6.50. The number of halogens is 1. The van der Waals surface area contributed by atoms with Crippen LogP contribution in [0.25, 0.3) is 10.9 Å². The summed E-state index contributed by atoms with van der Waals surface area (Å²) in [5, 5.41) is 10.1. The van der Waals surface area contributed by atoms with E-state index >= 15 is 0 Å². The van der Waals surface area contributed by atoms with Gasteiger partial charge in [0.25, 0.3) is 10.8 Å². The van der Waals surface area contributed by atoms with Gasteiger partial charge in [-0.1, -0.05) is 53.2 Å². The number of benzene rings is 2. The average Bonchev–Trinajstić information content (AvgIpc) is 3.19. The van der Waals surface area contributed by atoms with Crippen molar-refractivity contribution in [3.05, 3.63) is 81.2 Å². The van der Waals surface area contributed by atoms with Crippen molar-refractivity contribution >= 4 is 34.3 Å². The summed E-state index contributed by atoms with van der Waals surface area (Å²) in [6.45, 7) is 2.61. The second-order valence-corrected chi connectivity index (χ2v) is 8.50. The molecule has 0 aliphatic heterocycles. The number of thioether (sulfide) groups is 1. The van der Waals surface area contributed by atoms with E-state index in [1.54, 1.807) is 10.9 Å². The molecule has 0 amide bonds. The van der Waals surface area contributed by atoms with Gasteiger partial charge in [-0.3, -0.25) is 9.36 Å². The fourth-order valence-electron chi connectivity index (χ4n) is 3.15. The predicted octanol–water partition coefficient (Wildman–Crippen LogP) is 4.90. The van der Waals surface area contributed by atoms with E-state index in [4.69, 9.17) is 16.0 Å². The second kappa shape index (κ2) is 9.45. The summed E-state index contributed by atoms with van der Waals surface area (Å²) < 4.78 is 7.38. The highest BCUT2D eigenvalue weighted by Crippen LogP contribution is 2.22. The fraction of sp³-hybridized carbons (Fsp3) is 0.273. The van der Waals surface area contributed by atoms with Crippen molar-refractivity contribution in [1.29, 1.82) is 0 Å². The van der Waals surface area contributed by atoms with Gasteiger partial charge in [-0.15, -0.1) is 10.2 Å². The Labute approximate surface area is 183 Å². The molecular formula is C22H21ClN4O2S. The molecule has 4 aromatic rings. The van der Waals surface area contributed by atoms with Crippen LogP contribution >= 0.6 is 23.4 Å². The molecule has 0 spiro atoms. The summed E-state index contributed by atoms with van der Waals surface area (Å²) in [6, 6.07) is 13.4. The minimum atomic E-state index is 0.0115. The smallest absolute Gasteiger partial charge is 0.276 e. The molecule has 0 unspecified atom stereocenters. The van der Waals surface area contributed by atoms with E-state index in [1.807, 2.05) is 49.4 Å². The Balaban J connectivity index is 1.27. The summed E-state index contributed by atoms with van der Waals surface area (Å²) in [5.41, 5.74) is 2.77. The van der Waals surface area contributed by atoms with Crippen LogP contribution in [0.3, 0.4) is 0 Å². The van der Waals surface area contributed by atoms with E-state index in [9.17, 15) is 4.79 Å². The number of rotatable bonds is 8. The number of hydrogen-bond acceptors (Lipinski definition) is 6. The Morgan fingerprint density at radius 1 is 1.13 bits per heavy atom. The summed E-state index contributed by atoms with van der Waals surface area (Å²) >= 11 is 7.70. The molecule has 2 aromatic carbocycles. The fourth-order valence-corrected chi connectivity index (χ4v) is 4.13. The number of unbranched alkanes of at least 4 members (excludes halogenated alkanes) is 1. The maximum absolute atomic E-state index is 12.6. The third-order valence-corrected chi connectivity index (χ3v) is 6.02. The molecule has 0 aliphatic rings. The van der Waals surface area contributed by atoms with Gasteiger partial charge in [0.05, 0.1) is 23.7 Å². The van der Waals surface area contributed by atoms with Crippen LogP contribution in [-0.4, -0.2) is 25.5 Å². The Morgan fingerprint density at radius 3 is 2.87 bits per heavy atom. The van der Waals surface area contributed by atoms with Crippen molar-refractivity contribution in [2.75, 3.05) is 5.75 Å². The van der Waals surface area contributed by atoms with E-state index in [2.05, 4.69) is 15.2 Å². The van der Waals surface area contributed by atoms with Crippen molar-refractivity contribution in [2.45, 2.75) is 38.0 Å². The summed E-state index contributed by atoms with van der Waals surface area (Å²) in [6.07, 6.45) is 3.94. The van der Waals surface area contributed by atoms with Crippen molar-refractivity contribution < 1.29 is 4.42 Å². The molecule has 0 saturated carbocycles. The zero-order chi connectivity index (χ0) is 20.9. The first-order valence-electron chi connectivity index (χ1n) is 9.74. The van der Waals surface area contributed by atoms with Gasteiger partial charge in [0.2, 0.25) is 5.89 Å². The molecule has 8 heteroatoms. The van der Waals surface area contributed by atoms with Gasteiger partial charge in [0.15, 0.2) is 0 Å². The van der Waals surface area contributed by atoms with Crippen LogP contribution < -0.4 is 5.56 Å². The van der Waals surface area contributed by atoms with Gasteiger partial charge in [0, 0.05) is 17.3 Å². The van der Waals surface area contributed by atoms with E-state index in [0.717, 1.165) is 35.2 Å². The molecule has 4 rings (SSSR count). The SMILES string of the molecule is Cc1ccc2ncn(CCCCSc3nnc(Cc4ccccc4Cl)o3)c(=O)c2c1. The van der Waals surface area contributed by atoms with Gasteiger partial charge < -0.3 is 4.42 Å². The standard InChI is InChI=1S/C22H21ClN4O2S/c1-15-8-9-19-17(12-15)21(28)27(14-24-19)10-4-5-11-30-22-26-25-20(29-22)13-16-6-2-3-7-18(16)23/h2-3,6-9,12,14H,4-5,10-11,13H2,1H3. The third kappa shape index (κ3) is 4.91. The number of nitrogens with zero attached hydrogens (tertiary/aromatic N) is 4. The molecule has 0 atom stereocenters. The minimum Gasteiger partial charge on any atom is -0.416 e. The van der Waals surface area contributed by atoms with E-state index in [1.165, 1.54) is 11.8 Å². The number of hydrogen-bond donors (Lipinski definition) is 0. The van der Waals surface area contributed by atoms with E-state index in [-0.39, 0.29) is 5.56 Å². The van der Waals surface area contributed by atoms with Gasteiger partial charge in [-0.2, -0.15) is 0 Å². The normalized spacial score (nSPS) is 11.3. The largest absolute Gasteiger partial charge is 0.416 e. The van der Waals surface area contributed by atoms with Crippen LogP contribution in [0.4, 0.5) is 0 Å². The van der Waals surface area contributed by atoms with Crippen LogP contribution in [0, 0.1) is 6.92 Å². The summed E-state index contributed by atoms with van der Waals surface area (Å²) in [7, 11) is 0. The highest BCUT2D eigenvalue weighted by Gasteiger charge is 2.10. The Bertz CT molecular complexity index is 1220. The van der Waals surface area contributed by atoms with E-state index < -0.39 is 0 Å². The summed E-state index contributed by atoms with van der Waals surface area (Å²) in [4.78, 5) is 17.0. The summed E-state index contributed by atoms with van der Waals surface area (Å²) in [5.74, 6) is 1.39. The monoisotopic (exact) mass is 440 g/mol. The molecular weight excluding hydrogens is 420 g/mol. The molecule has 0 saturated heterocycles. The van der Waals surface area contributed by atoms with Crippen LogP contribution in [0.5, 0.6) is 0 Å². The van der Waals surface area contributed by atoms with Gasteiger partial charge in [-0.25, -0.2) is 4.98 Å². The number of fused-ring (bicyclic) bond motifs is 1. The van der Waals surface area contributed by atoms with E-state index in [0.29, 0.717) is 34.5 Å². The molecule has 154 valence electrons. The first-order valence-corrected chi connectivity index (χ1v) is 11.1. The van der Waals surface area contributed by atoms with Crippen molar-refractivity contribution in [1.82, 2.24) is 19.7 Å². The molecule has 0 bridgehead atoms. The molecule has 2 aromatic heterocycles. The predicted molar refractivity (Wildman–Crippen MR) is 119 cm³/mol. The molecule has 30 heavy (non-hydrogen) atoms. The molecule has 2 heterocycles. The molecule has 6 nitrogen and oxygen atoms in total. The maximum atomic E-state index is 12.6. The van der Waals surface area contributed by atoms with Crippen LogP contribution in [0.1, 0.15) is 29.9 Å². The first-order chi connectivity index (χ1) is 14.6. The highest BCUT2D eigenvalue weighted by atomic mass is 35.5. The third-order valence-electron chi connectivity index (χ3n) is 4.75. The molecule has 0 fully saturated rings. The molecule has 0 radical (unpaired) electrons.